The van der Waals surface area contributed by atoms with E-state index in [1.54, 1.807) is 0 Å². The summed E-state index contributed by atoms with van der Waals surface area (Å²) in [5, 5.41) is 13.2. The molecule has 0 radical (unpaired) electrons. The quantitative estimate of drug-likeness (QED) is 0.761. The molecular weight excluding hydrogens is 240 g/mol. The lowest BCUT2D eigenvalue weighted by Crippen LogP contribution is -2.18. The third-order valence-corrected chi connectivity index (χ3v) is 3.85. The van der Waals surface area contributed by atoms with E-state index in [0.717, 1.165) is 36.7 Å². The standard InChI is InChI=1S/C14H18N4O/c15-12-10-3-1-2-4-11(10)17-13(18-12)16-9-14(5-6-14)7-8-19/h1-4,19H,5-9H2,(H3,15,16,17,18). The van der Waals surface area contributed by atoms with Gasteiger partial charge in [0.2, 0.25) is 5.95 Å². The highest BCUT2D eigenvalue weighted by Gasteiger charge is 2.41. The van der Waals surface area contributed by atoms with Crippen molar-refractivity contribution in [2.75, 3.05) is 24.2 Å². The molecule has 0 atom stereocenters. The lowest BCUT2D eigenvalue weighted by Gasteiger charge is -2.15. The van der Waals surface area contributed by atoms with E-state index in [9.17, 15) is 0 Å². The second-order valence-corrected chi connectivity index (χ2v) is 5.28. The molecule has 1 aromatic carbocycles. The van der Waals surface area contributed by atoms with E-state index in [1.165, 1.54) is 0 Å². The Hall–Kier alpha value is -1.88. The van der Waals surface area contributed by atoms with E-state index in [2.05, 4.69) is 15.3 Å². The largest absolute Gasteiger partial charge is 0.396 e. The second kappa shape index (κ2) is 4.66. The number of hydrogen-bond acceptors (Lipinski definition) is 5. The summed E-state index contributed by atoms with van der Waals surface area (Å²) in [4.78, 5) is 8.75. The van der Waals surface area contributed by atoms with Crippen molar-refractivity contribution in [2.45, 2.75) is 19.3 Å². The Morgan fingerprint density at radius 2 is 2.05 bits per heavy atom. The van der Waals surface area contributed by atoms with Gasteiger partial charge in [-0.05, 0) is 36.8 Å². The van der Waals surface area contributed by atoms with Gasteiger partial charge in [-0.25, -0.2) is 4.98 Å². The first-order chi connectivity index (χ1) is 9.22. The van der Waals surface area contributed by atoms with Crippen molar-refractivity contribution < 1.29 is 5.11 Å². The Morgan fingerprint density at radius 3 is 2.79 bits per heavy atom. The highest BCUT2D eigenvalue weighted by Crippen LogP contribution is 2.48. The summed E-state index contributed by atoms with van der Waals surface area (Å²) in [5.74, 6) is 1.07. The third-order valence-electron chi connectivity index (χ3n) is 3.85. The Morgan fingerprint density at radius 1 is 1.26 bits per heavy atom. The number of fused-ring (bicyclic) bond motifs is 1. The highest BCUT2D eigenvalue weighted by atomic mass is 16.3. The van der Waals surface area contributed by atoms with Crippen molar-refractivity contribution >= 4 is 22.7 Å². The average Bonchev–Trinajstić information content (AvgIpc) is 3.17. The normalized spacial score (nSPS) is 16.5. The number of nitrogens with zero attached hydrogens (tertiary/aromatic N) is 2. The molecule has 19 heavy (non-hydrogen) atoms. The topological polar surface area (TPSA) is 84.1 Å². The number of anilines is 2. The van der Waals surface area contributed by atoms with Crippen LogP contribution < -0.4 is 11.1 Å². The number of nitrogens with two attached hydrogens (primary N) is 1. The Bertz CT molecular complexity index is 595. The predicted octanol–water partition coefficient (Wildman–Crippen LogP) is 1.79. The minimum atomic E-state index is 0.235. The maximum absolute atomic E-state index is 9.05. The summed E-state index contributed by atoms with van der Waals surface area (Å²) in [5.41, 5.74) is 7.03. The Kier molecular flexibility index (Phi) is 2.98. The van der Waals surface area contributed by atoms with Crippen LogP contribution in [0.3, 0.4) is 0 Å². The number of rotatable bonds is 5. The van der Waals surface area contributed by atoms with Crippen molar-refractivity contribution in [3.63, 3.8) is 0 Å². The molecule has 1 saturated carbocycles. The fraction of sp³-hybridized carbons (Fsp3) is 0.429. The van der Waals surface area contributed by atoms with Crippen LogP contribution in [0.25, 0.3) is 10.9 Å². The van der Waals surface area contributed by atoms with Crippen LogP contribution in [0.1, 0.15) is 19.3 Å². The SMILES string of the molecule is Nc1nc(NCC2(CCO)CC2)nc2ccccc12. The molecule has 1 aliphatic rings. The number of benzene rings is 1. The third kappa shape index (κ3) is 2.46. The van der Waals surface area contributed by atoms with E-state index >= 15 is 0 Å². The van der Waals surface area contributed by atoms with Crippen molar-refractivity contribution in [1.82, 2.24) is 9.97 Å². The first kappa shape index (κ1) is 12.2. The van der Waals surface area contributed by atoms with Crippen molar-refractivity contribution in [1.29, 1.82) is 0 Å². The van der Waals surface area contributed by atoms with Crippen molar-refractivity contribution in [3.8, 4) is 0 Å². The van der Waals surface area contributed by atoms with Crippen LogP contribution in [0, 0.1) is 5.41 Å². The van der Waals surface area contributed by atoms with Gasteiger partial charge >= 0.3 is 0 Å². The first-order valence-electron chi connectivity index (χ1n) is 6.59. The maximum Gasteiger partial charge on any atom is 0.225 e. The van der Waals surface area contributed by atoms with Crippen LogP contribution in [0.2, 0.25) is 0 Å². The molecule has 0 spiro atoms. The fourth-order valence-electron chi connectivity index (χ4n) is 2.38. The molecule has 0 saturated heterocycles. The minimum Gasteiger partial charge on any atom is -0.396 e. The van der Waals surface area contributed by atoms with Gasteiger partial charge in [0.1, 0.15) is 5.82 Å². The zero-order valence-electron chi connectivity index (χ0n) is 10.8. The number of aliphatic hydroxyl groups is 1. The predicted molar refractivity (Wildman–Crippen MR) is 75.8 cm³/mol. The summed E-state index contributed by atoms with van der Waals surface area (Å²) in [6, 6.07) is 7.71. The van der Waals surface area contributed by atoms with Crippen LogP contribution in [0.5, 0.6) is 0 Å². The van der Waals surface area contributed by atoms with Crippen molar-refractivity contribution in [2.24, 2.45) is 5.41 Å². The highest BCUT2D eigenvalue weighted by molar-refractivity contribution is 5.88. The molecule has 1 fully saturated rings. The molecule has 5 nitrogen and oxygen atoms in total. The van der Waals surface area contributed by atoms with Gasteiger partial charge in [0.25, 0.3) is 0 Å². The van der Waals surface area contributed by atoms with Crippen LogP contribution in [0.15, 0.2) is 24.3 Å². The van der Waals surface area contributed by atoms with E-state index < -0.39 is 0 Å². The molecule has 0 bridgehead atoms. The van der Waals surface area contributed by atoms with Gasteiger partial charge < -0.3 is 16.2 Å². The lowest BCUT2D eigenvalue weighted by molar-refractivity contribution is 0.253. The summed E-state index contributed by atoms with van der Waals surface area (Å²) in [7, 11) is 0. The number of para-hydroxylation sites is 1. The van der Waals surface area contributed by atoms with E-state index in [0.29, 0.717) is 11.8 Å². The molecule has 3 rings (SSSR count). The molecule has 4 N–H and O–H groups in total. The number of nitrogen functional groups attached to an aromatic ring is 1. The van der Waals surface area contributed by atoms with E-state index in [-0.39, 0.29) is 12.0 Å². The monoisotopic (exact) mass is 258 g/mol. The van der Waals surface area contributed by atoms with Gasteiger partial charge in [0.05, 0.1) is 5.52 Å². The molecular formula is C14H18N4O. The maximum atomic E-state index is 9.05. The van der Waals surface area contributed by atoms with E-state index in [4.69, 9.17) is 10.8 Å². The molecule has 0 unspecified atom stereocenters. The lowest BCUT2D eigenvalue weighted by atomic mass is 10.0. The number of aliphatic hydroxyl groups excluding tert-OH is 1. The van der Waals surface area contributed by atoms with Crippen molar-refractivity contribution in [3.05, 3.63) is 24.3 Å². The molecule has 1 aliphatic carbocycles. The fourth-order valence-corrected chi connectivity index (χ4v) is 2.38. The number of nitrogens with one attached hydrogen (secondary N) is 1. The van der Waals surface area contributed by atoms with Gasteiger partial charge in [-0.1, -0.05) is 12.1 Å². The zero-order chi connectivity index (χ0) is 13.3. The molecule has 1 aromatic heterocycles. The van der Waals surface area contributed by atoms with E-state index in [1.807, 2.05) is 24.3 Å². The summed E-state index contributed by atoms with van der Waals surface area (Å²) < 4.78 is 0. The van der Waals surface area contributed by atoms with Crippen LogP contribution >= 0.6 is 0 Å². The van der Waals surface area contributed by atoms with Gasteiger partial charge in [-0.3, -0.25) is 0 Å². The van der Waals surface area contributed by atoms with Gasteiger partial charge in [-0.2, -0.15) is 4.98 Å². The van der Waals surface area contributed by atoms with Crippen LogP contribution in [-0.4, -0.2) is 28.2 Å². The summed E-state index contributed by atoms with van der Waals surface area (Å²) >= 11 is 0. The van der Waals surface area contributed by atoms with Crippen LogP contribution in [0.4, 0.5) is 11.8 Å². The van der Waals surface area contributed by atoms with Crippen LogP contribution in [-0.2, 0) is 0 Å². The molecule has 0 aliphatic heterocycles. The molecule has 100 valence electrons. The first-order valence-corrected chi connectivity index (χ1v) is 6.59. The van der Waals surface area contributed by atoms with Gasteiger partial charge in [-0.15, -0.1) is 0 Å². The second-order valence-electron chi connectivity index (χ2n) is 5.28. The summed E-state index contributed by atoms with van der Waals surface area (Å²) in [6.45, 7) is 1.04. The number of aromatic nitrogens is 2. The molecule has 1 heterocycles. The average molecular weight is 258 g/mol. The smallest absolute Gasteiger partial charge is 0.225 e. The van der Waals surface area contributed by atoms with Gasteiger partial charge in [0, 0.05) is 18.5 Å². The summed E-state index contributed by atoms with van der Waals surface area (Å²) in [6.07, 6.45) is 3.15. The molecule has 5 heteroatoms. The molecule has 2 aromatic rings. The molecule has 0 amide bonds. The zero-order valence-corrected chi connectivity index (χ0v) is 10.8. The minimum absolute atomic E-state index is 0.235. The Balaban J connectivity index is 1.78. The van der Waals surface area contributed by atoms with Gasteiger partial charge in [0.15, 0.2) is 0 Å². The number of hydrogen-bond donors (Lipinski definition) is 3. The Labute approximate surface area is 111 Å².